The fourth-order valence-corrected chi connectivity index (χ4v) is 1.38. The van der Waals surface area contributed by atoms with Crippen molar-refractivity contribution in [1.82, 2.24) is 0 Å². The fraction of sp³-hybridized carbons (Fsp3) is 0.125. The Morgan fingerprint density at radius 3 is 1.94 bits per heavy atom. The van der Waals surface area contributed by atoms with Crippen LogP contribution in [-0.4, -0.2) is 13.1 Å². The van der Waals surface area contributed by atoms with Gasteiger partial charge in [-0.25, -0.2) is 0 Å². The van der Waals surface area contributed by atoms with E-state index < -0.39 is 0 Å². The molecule has 90 valence electrons. The van der Waals surface area contributed by atoms with Gasteiger partial charge in [-0.3, -0.25) is 0 Å². The molecular formula is C16H16N2. The van der Waals surface area contributed by atoms with Gasteiger partial charge in [-0.05, 0) is 29.3 Å². The lowest BCUT2D eigenvalue weighted by Crippen LogP contribution is -1.94. The molecule has 1 rings (SSSR count). The minimum absolute atomic E-state index is 0.330. The van der Waals surface area contributed by atoms with Gasteiger partial charge in [0.15, 0.2) is 0 Å². The molecule has 0 unspecified atom stereocenters. The van der Waals surface area contributed by atoms with Crippen molar-refractivity contribution < 1.29 is 0 Å². The van der Waals surface area contributed by atoms with Crippen LogP contribution in [0.3, 0.4) is 0 Å². The number of hydrogen-bond acceptors (Lipinski definition) is 2. The highest BCUT2D eigenvalue weighted by molar-refractivity contribution is 5.73. The predicted molar refractivity (Wildman–Crippen MR) is 77.5 cm³/mol. The highest BCUT2D eigenvalue weighted by Crippen LogP contribution is 2.17. The van der Waals surface area contributed by atoms with Crippen molar-refractivity contribution in [3.63, 3.8) is 0 Å². The normalized spacial score (nSPS) is 8.56. The van der Waals surface area contributed by atoms with Crippen molar-refractivity contribution in [2.24, 2.45) is 11.5 Å². The van der Waals surface area contributed by atoms with Crippen LogP contribution >= 0.6 is 0 Å². The summed E-state index contributed by atoms with van der Waals surface area (Å²) in [5.74, 6) is 11.6. The largest absolute Gasteiger partial charge is 0.320 e. The number of rotatable bonds is 2. The van der Waals surface area contributed by atoms with Gasteiger partial charge >= 0.3 is 0 Å². The molecule has 0 fully saturated rings. The lowest BCUT2D eigenvalue weighted by Gasteiger charge is -2.03. The molecule has 0 aliphatic heterocycles. The first-order valence-corrected chi connectivity index (χ1v) is 5.56. The van der Waals surface area contributed by atoms with Crippen LogP contribution in [0.5, 0.6) is 0 Å². The monoisotopic (exact) mass is 236 g/mol. The van der Waals surface area contributed by atoms with Gasteiger partial charge in [-0.2, -0.15) is 0 Å². The maximum atomic E-state index is 5.37. The molecule has 1 aromatic rings. The van der Waals surface area contributed by atoms with E-state index in [-0.39, 0.29) is 0 Å². The van der Waals surface area contributed by atoms with Crippen molar-refractivity contribution in [2.75, 3.05) is 13.1 Å². The first-order chi connectivity index (χ1) is 8.71. The van der Waals surface area contributed by atoms with E-state index >= 15 is 0 Å². The predicted octanol–water partition coefficient (Wildman–Crippen LogP) is 1.51. The fourth-order valence-electron chi connectivity index (χ4n) is 1.38. The summed E-state index contributed by atoms with van der Waals surface area (Å²) in [5, 5.41) is 0. The minimum Gasteiger partial charge on any atom is -0.320 e. The Morgan fingerprint density at radius 2 is 1.56 bits per heavy atom. The first kappa shape index (κ1) is 13.8. The van der Waals surface area contributed by atoms with Gasteiger partial charge in [0.2, 0.25) is 0 Å². The lowest BCUT2D eigenvalue weighted by atomic mass is 10.0. The minimum atomic E-state index is 0.330. The summed E-state index contributed by atoms with van der Waals surface area (Å²) in [7, 11) is 0. The van der Waals surface area contributed by atoms with Gasteiger partial charge in [-0.15, -0.1) is 0 Å². The maximum absolute atomic E-state index is 5.37. The van der Waals surface area contributed by atoms with Gasteiger partial charge < -0.3 is 11.5 Å². The molecule has 0 aromatic heterocycles. The molecule has 1 aromatic carbocycles. The zero-order valence-corrected chi connectivity index (χ0v) is 10.3. The van der Waals surface area contributed by atoms with Crippen molar-refractivity contribution in [3.8, 4) is 23.7 Å². The summed E-state index contributed by atoms with van der Waals surface area (Å²) in [5.41, 5.74) is 14.2. The Hall–Kier alpha value is -2.26. The molecular weight excluding hydrogens is 220 g/mol. The first-order valence-electron chi connectivity index (χ1n) is 5.56. The molecule has 0 spiro atoms. The van der Waals surface area contributed by atoms with Crippen LogP contribution in [0, 0.1) is 23.7 Å². The van der Waals surface area contributed by atoms with Crippen LogP contribution in [0.4, 0.5) is 0 Å². The standard InChI is InChI=1S/C16H16N2/c1-3-13(2)16-11-14(6-4-8-17)10-15(12-16)7-5-9-18/h3,10-12H,1-2,8-9,17-18H2. The Balaban J connectivity index is 3.27. The molecule has 0 amide bonds. The number of allylic oxidation sites excluding steroid dienone is 2. The van der Waals surface area contributed by atoms with Gasteiger partial charge in [0, 0.05) is 11.1 Å². The highest BCUT2D eigenvalue weighted by atomic mass is 14.5. The molecule has 0 atom stereocenters. The van der Waals surface area contributed by atoms with E-state index in [4.69, 9.17) is 11.5 Å². The summed E-state index contributed by atoms with van der Waals surface area (Å²) in [6, 6.07) is 5.80. The van der Waals surface area contributed by atoms with Gasteiger partial charge in [0.25, 0.3) is 0 Å². The number of hydrogen-bond donors (Lipinski definition) is 2. The molecule has 0 bridgehead atoms. The molecule has 18 heavy (non-hydrogen) atoms. The third-order valence-corrected chi connectivity index (χ3v) is 2.22. The Bertz CT molecular complexity index is 534. The van der Waals surface area contributed by atoms with E-state index in [1.54, 1.807) is 6.08 Å². The van der Waals surface area contributed by atoms with E-state index in [1.807, 2.05) is 18.2 Å². The number of nitrogens with two attached hydrogens (primary N) is 2. The molecule has 4 N–H and O–H groups in total. The van der Waals surface area contributed by atoms with Gasteiger partial charge in [0.05, 0.1) is 13.1 Å². The second-order valence-electron chi connectivity index (χ2n) is 3.54. The van der Waals surface area contributed by atoms with Crippen LogP contribution in [-0.2, 0) is 0 Å². The summed E-state index contributed by atoms with van der Waals surface area (Å²) in [6.07, 6.45) is 1.70. The summed E-state index contributed by atoms with van der Waals surface area (Å²) < 4.78 is 0. The molecule has 0 aliphatic carbocycles. The van der Waals surface area contributed by atoms with Gasteiger partial charge in [-0.1, -0.05) is 42.9 Å². The van der Waals surface area contributed by atoms with Crippen LogP contribution in [0.15, 0.2) is 37.4 Å². The second kappa shape index (κ2) is 7.14. The van der Waals surface area contributed by atoms with Crippen molar-refractivity contribution in [1.29, 1.82) is 0 Å². The average molecular weight is 236 g/mol. The van der Waals surface area contributed by atoms with Crippen LogP contribution in [0.25, 0.3) is 5.57 Å². The summed E-state index contributed by atoms with van der Waals surface area (Å²) in [6.45, 7) is 8.29. The van der Waals surface area contributed by atoms with E-state index in [1.165, 1.54) is 0 Å². The molecule has 2 heteroatoms. The van der Waals surface area contributed by atoms with Crippen molar-refractivity contribution >= 4 is 5.57 Å². The van der Waals surface area contributed by atoms with Crippen molar-refractivity contribution in [3.05, 3.63) is 54.1 Å². The Labute approximate surface area is 108 Å². The summed E-state index contributed by atoms with van der Waals surface area (Å²) in [4.78, 5) is 0. The van der Waals surface area contributed by atoms with E-state index in [9.17, 15) is 0 Å². The molecule has 0 aliphatic rings. The lowest BCUT2D eigenvalue weighted by molar-refractivity contribution is 1.30. The molecule has 2 nitrogen and oxygen atoms in total. The Morgan fingerprint density at radius 1 is 1.06 bits per heavy atom. The van der Waals surface area contributed by atoms with Crippen LogP contribution in [0.1, 0.15) is 16.7 Å². The average Bonchev–Trinajstić information content (AvgIpc) is 2.41. The smallest absolute Gasteiger partial charge is 0.0555 e. The van der Waals surface area contributed by atoms with E-state index in [2.05, 4.69) is 36.8 Å². The molecule has 0 saturated heterocycles. The van der Waals surface area contributed by atoms with E-state index in [0.717, 1.165) is 22.3 Å². The second-order valence-corrected chi connectivity index (χ2v) is 3.54. The number of benzene rings is 1. The quantitative estimate of drug-likeness (QED) is 0.604. The van der Waals surface area contributed by atoms with E-state index in [0.29, 0.717) is 13.1 Å². The van der Waals surface area contributed by atoms with Crippen LogP contribution in [0.2, 0.25) is 0 Å². The highest BCUT2D eigenvalue weighted by Gasteiger charge is 1.99. The SMILES string of the molecule is C=CC(=C)c1cc(C#CCN)cc(C#CCN)c1. The Kier molecular flexibility index (Phi) is 5.48. The molecule has 0 radical (unpaired) electrons. The zero-order chi connectivity index (χ0) is 13.4. The maximum Gasteiger partial charge on any atom is 0.0555 e. The third-order valence-electron chi connectivity index (χ3n) is 2.22. The van der Waals surface area contributed by atoms with Crippen molar-refractivity contribution in [2.45, 2.75) is 0 Å². The molecule has 0 saturated carbocycles. The molecule has 0 heterocycles. The zero-order valence-electron chi connectivity index (χ0n) is 10.3. The summed E-state index contributed by atoms with van der Waals surface area (Å²) >= 11 is 0. The van der Waals surface area contributed by atoms with Gasteiger partial charge in [0.1, 0.15) is 0 Å². The topological polar surface area (TPSA) is 52.0 Å². The van der Waals surface area contributed by atoms with Crippen LogP contribution < -0.4 is 11.5 Å². The third kappa shape index (κ3) is 3.96.